The molecule has 2 aliphatic rings. The van der Waals surface area contributed by atoms with E-state index in [4.69, 9.17) is 0 Å². The van der Waals surface area contributed by atoms with Gasteiger partial charge in [0.05, 0.1) is 0 Å². The van der Waals surface area contributed by atoms with Gasteiger partial charge in [0.1, 0.15) is 0 Å². The molecular weight excluding hydrogens is 218 g/mol. The fourth-order valence-electron chi connectivity index (χ4n) is 3.06. The maximum atomic E-state index is 2.58. The molecule has 94 valence electrons. The Hall–Kier alpha value is -1.50. The van der Waals surface area contributed by atoms with Gasteiger partial charge in [-0.3, -0.25) is 0 Å². The maximum Gasteiger partial charge on any atom is 0.0429 e. The van der Waals surface area contributed by atoms with Gasteiger partial charge in [-0.15, -0.1) is 0 Å². The zero-order valence-corrected chi connectivity index (χ0v) is 11.1. The average Bonchev–Trinajstić information content (AvgIpc) is 2.63. The van der Waals surface area contributed by atoms with Gasteiger partial charge in [-0.1, -0.05) is 49.4 Å². The van der Waals surface area contributed by atoms with Crippen molar-refractivity contribution in [3.63, 3.8) is 0 Å². The first-order chi connectivity index (χ1) is 8.84. The van der Waals surface area contributed by atoms with Gasteiger partial charge in [0, 0.05) is 18.8 Å². The summed E-state index contributed by atoms with van der Waals surface area (Å²) in [7, 11) is 0. The van der Waals surface area contributed by atoms with Crippen LogP contribution in [0.15, 0.2) is 48.2 Å². The molecule has 1 aromatic rings. The third kappa shape index (κ3) is 2.22. The summed E-state index contributed by atoms with van der Waals surface area (Å²) in [6.45, 7) is 4.61. The molecule has 1 heterocycles. The number of nitrogens with zero attached hydrogens (tertiary/aromatic N) is 1. The lowest BCUT2D eigenvalue weighted by molar-refractivity contribution is 0.287. The van der Waals surface area contributed by atoms with E-state index in [2.05, 4.69) is 54.3 Å². The molecule has 1 aromatic carbocycles. The summed E-state index contributed by atoms with van der Waals surface area (Å²) < 4.78 is 0. The van der Waals surface area contributed by atoms with Crippen molar-refractivity contribution in [3.8, 4) is 0 Å². The van der Waals surface area contributed by atoms with Crippen LogP contribution in [0, 0.1) is 5.92 Å². The molecule has 1 aliphatic heterocycles. The topological polar surface area (TPSA) is 3.24 Å². The van der Waals surface area contributed by atoms with Crippen LogP contribution in [0.5, 0.6) is 0 Å². The van der Waals surface area contributed by atoms with Crippen molar-refractivity contribution in [2.45, 2.75) is 32.7 Å². The van der Waals surface area contributed by atoms with Gasteiger partial charge in [-0.05, 0) is 36.3 Å². The second kappa shape index (κ2) is 5.01. The second-order valence-corrected chi connectivity index (χ2v) is 5.41. The van der Waals surface area contributed by atoms with Crippen LogP contribution < -0.4 is 0 Å². The lowest BCUT2D eigenvalue weighted by Gasteiger charge is -2.35. The number of hydrogen-bond donors (Lipinski definition) is 0. The predicted octanol–water partition coefficient (Wildman–Crippen LogP) is 3.91. The van der Waals surface area contributed by atoms with E-state index < -0.39 is 0 Å². The number of hydrogen-bond acceptors (Lipinski definition) is 1. The van der Waals surface area contributed by atoms with Gasteiger partial charge in [0.15, 0.2) is 0 Å². The minimum atomic E-state index is 0.661. The molecule has 18 heavy (non-hydrogen) atoms. The van der Waals surface area contributed by atoms with Crippen LogP contribution in [0.2, 0.25) is 0 Å². The fourth-order valence-corrected chi connectivity index (χ4v) is 3.06. The minimum Gasteiger partial charge on any atom is -0.370 e. The number of fused-ring (bicyclic) bond motifs is 1. The van der Waals surface area contributed by atoms with E-state index in [-0.39, 0.29) is 0 Å². The second-order valence-electron chi connectivity index (χ2n) is 5.41. The molecule has 0 saturated carbocycles. The van der Waals surface area contributed by atoms with E-state index in [0.717, 1.165) is 13.0 Å². The van der Waals surface area contributed by atoms with Crippen molar-refractivity contribution in [3.05, 3.63) is 59.3 Å². The van der Waals surface area contributed by atoms with Crippen molar-refractivity contribution in [2.24, 2.45) is 5.92 Å². The number of rotatable bonds is 1. The quantitative estimate of drug-likeness (QED) is 0.671. The van der Waals surface area contributed by atoms with Crippen LogP contribution >= 0.6 is 0 Å². The molecule has 0 fully saturated rings. The van der Waals surface area contributed by atoms with Crippen molar-refractivity contribution in [1.82, 2.24) is 4.90 Å². The normalized spacial score (nSPS) is 23.3. The Morgan fingerprint density at radius 3 is 2.83 bits per heavy atom. The van der Waals surface area contributed by atoms with E-state index in [1.165, 1.54) is 30.5 Å². The summed E-state index contributed by atoms with van der Waals surface area (Å²) in [5, 5.41) is 0. The molecule has 1 atom stereocenters. The Morgan fingerprint density at radius 1 is 1.11 bits per heavy atom. The summed E-state index contributed by atoms with van der Waals surface area (Å²) in [4.78, 5) is 2.58. The molecular formula is C17H21N. The number of benzene rings is 1. The molecule has 1 aliphatic carbocycles. The Bertz CT molecular complexity index is 484. The Morgan fingerprint density at radius 2 is 1.94 bits per heavy atom. The third-order valence-corrected chi connectivity index (χ3v) is 4.12. The highest BCUT2D eigenvalue weighted by Crippen LogP contribution is 2.28. The van der Waals surface area contributed by atoms with Crippen molar-refractivity contribution in [1.29, 1.82) is 0 Å². The third-order valence-electron chi connectivity index (χ3n) is 4.12. The summed E-state index contributed by atoms with van der Waals surface area (Å²) in [6, 6.07) is 8.88. The Labute approximate surface area is 110 Å². The van der Waals surface area contributed by atoms with Crippen LogP contribution in [-0.2, 0) is 13.0 Å². The molecule has 1 nitrogen and oxygen atoms in total. The van der Waals surface area contributed by atoms with Crippen molar-refractivity contribution >= 4 is 0 Å². The van der Waals surface area contributed by atoms with Crippen LogP contribution in [0.25, 0.3) is 0 Å². The van der Waals surface area contributed by atoms with Gasteiger partial charge in [0.2, 0.25) is 0 Å². The monoisotopic (exact) mass is 239 g/mol. The molecule has 0 aromatic heterocycles. The van der Waals surface area contributed by atoms with Crippen LogP contribution in [0.4, 0.5) is 0 Å². The van der Waals surface area contributed by atoms with E-state index in [0.29, 0.717) is 5.92 Å². The van der Waals surface area contributed by atoms with Crippen LogP contribution in [0.1, 0.15) is 30.9 Å². The summed E-state index contributed by atoms with van der Waals surface area (Å²) in [5.74, 6) is 0.661. The lowest BCUT2D eigenvalue weighted by atomic mass is 9.96. The zero-order valence-electron chi connectivity index (χ0n) is 11.1. The van der Waals surface area contributed by atoms with E-state index in [1.54, 1.807) is 5.70 Å². The minimum absolute atomic E-state index is 0.661. The molecule has 1 unspecified atom stereocenters. The highest BCUT2D eigenvalue weighted by atomic mass is 15.1. The van der Waals surface area contributed by atoms with E-state index >= 15 is 0 Å². The molecule has 0 amide bonds. The highest BCUT2D eigenvalue weighted by molar-refractivity contribution is 5.30. The Kier molecular flexibility index (Phi) is 3.22. The van der Waals surface area contributed by atoms with Gasteiger partial charge in [-0.25, -0.2) is 0 Å². The zero-order chi connectivity index (χ0) is 12.4. The largest absolute Gasteiger partial charge is 0.370 e. The fraction of sp³-hybridized carbons (Fsp3) is 0.412. The predicted molar refractivity (Wildman–Crippen MR) is 76.2 cm³/mol. The molecule has 0 bridgehead atoms. The van der Waals surface area contributed by atoms with Crippen LogP contribution in [0.3, 0.4) is 0 Å². The first-order valence-corrected chi connectivity index (χ1v) is 7.01. The molecule has 1 heteroatoms. The standard InChI is InChI=1S/C17H21N/c1-14-7-3-2-4-10-17(14)18-12-11-15-8-5-6-9-16(15)13-18/h2-3,5-6,8-10,14H,4,7,11-13H2,1H3. The molecule has 0 N–H and O–H groups in total. The summed E-state index contributed by atoms with van der Waals surface area (Å²) in [5.41, 5.74) is 4.59. The first-order valence-electron chi connectivity index (χ1n) is 7.01. The SMILES string of the molecule is CC1CC=CCC=C1N1CCc2ccccc2C1. The van der Waals surface area contributed by atoms with E-state index in [9.17, 15) is 0 Å². The van der Waals surface area contributed by atoms with Gasteiger partial charge < -0.3 is 4.90 Å². The highest BCUT2D eigenvalue weighted by Gasteiger charge is 2.21. The van der Waals surface area contributed by atoms with E-state index in [1.807, 2.05) is 0 Å². The smallest absolute Gasteiger partial charge is 0.0429 e. The van der Waals surface area contributed by atoms with Gasteiger partial charge in [-0.2, -0.15) is 0 Å². The molecule has 3 rings (SSSR count). The van der Waals surface area contributed by atoms with Crippen molar-refractivity contribution < 1.29 is 0 Å². The van der Waals surface area contributed by atoms with Gasteiger partial charge in [0.25, 0.3) is 0 Å². The number of allylic oxidation sites excluding steroid dienone is 4. The van der Waals surface area contributed by atoms with Gasteiger partial charge >= 0.3 is 0 Å². The van der Waals surface area contributed by atoms with Crippen molar-refractivity contribution in [2.75, 3.05) is 6.54 Å². The maximum absolute atomic E-state index is 2.58. The Balaban J connectivity index is 1.81. The van der Waals surface area contributed by atoms with Crippen LogP contribution in [-0.4, -0.2) is 11.4 Å². The summed E-state index contributed by atoms with van der Waals surface area (Å²) >= 11 is 0. The lowest BCUT2D eigenvalue weighted by Crippen LogP contribution is -2.32. The molecule has 0 spiro atoms. The summed E-state index contributed by atoms with van der Waals surface area (Å²) in [6.07, 6.45) is 10.5. The average molecular weight is 239 g/mol. The molecule has 0 saturated heterocycles. The molecule has 0 radical (unpaired) electrons. The first kappa shape index (κ1) is 11.6.